The molecule has 32 heavy (non-hydrogen) atoms. The van der Waals surface area contributed by atoms with Crippen molar-refractivity contribution >= 4 is 17.5 Å². The number of hydrogen-bond acceptors (Lipinski definition) is 4. The zero-order valence-electron chi connectivity index (χ0n) is 18.2. The summed E-state index contributed by atoms with van der Waals surface area (Å²) in [5, 5.41) is 12.8. The van der Waals surface area contributed by atoms with Crippen molar-refractivity contribution in [1.82, 2.24) is 10.2 Å². The predicted molar refractivity (Wildman–Crippen MR) is 121 cm³/mol. The van der Waals surface area contributed by atoms with Crippen molar-refractivity contribution in [3.63, 3.8) is 0 Å². The molecule has 4 rings (SSSR count). The van der Waals surface area contributed by atoms with E-state index in [-0.39, 0.29) is 17.6 Å². The highest BCUT2D eigenvalue weighted by Crippen LogP contribution is 2.41. The number of amides is 2. The van der Waals surface area contributed by atoms with Gasteiger partial charge in [0.25, 0.3) is 0 Å². The van der Waals surface area contributed by atoms with Crippen LogP contribution < -0.4 is 10.2 Å². The van der Waals surface area contributed by atoms with Crippen LogP contribution in [0.5, 0.6) is 0 Å². The summed E-state index contributed by atoms with van der Waals surface area (Å²) in [7, 11) is 0. The van der Waals surface area contributed by atoms with Crippen LogP contribution in [0.1, 0.15) is 31.2 Å². The highest BCUT2D eigenvalue weighted by molar-refractivity contribution is 5.93. The molecule has 170 valence electrons. The zero-order chi connectivity index (χ0) is 22.6. The molecule has 2 amide bonds. The molecule has 1 aliphatic heterocycles. The molecule has 0 aromatic heterocycles. The topological polar surface area (TPSA) is 72.9 Å². The Hall–Kier alpha value is -2.93. The Balaban J connectivity index is 1.40. The largest absolute Gasteiger partial charge is 0.394 e. The second-order valence-corrected chi connectivity index (χ2v) is 8.65. The minimum Gasteiger partial charge on any atom is -0.394 e. The third-order valence-corrected chi connectivity index (χ3v) is 6.79. The van der Waals surface area contributed by atoms with E-state index in [9.17, 15) is 19.1 Å². The summed E-state index contributed by atoms with van der Waals surface area (Å²) in [6.45, 7) is 1.74. The van der Waals surface area contributed by atoms with Crippen molar-refractivity contribution in [3.05, 3.63) is 66.0 Å². The number of carbonyl (C=O) groups excluding carboxylic acids is 2. The first-order valence-corrected chi connectivity index (χ1v) is 11.3. The number of rotatable bonds is 6. The van der Waals surface area contributed by atoms with Crippen molar-refractivity contribution in [2.24, 2.45) is 0 Å². The number of hydrogen-bond donors (Lipinski definition) is 2. The first-order chi connectivity index (χ1) is 15.5. The number of piperazine rings is 1. The van der Waals surface area contributed by atoms with Gasteiger partial charge in [0, 0.05) is 31.9 Å². The summed E-state index contributed by atoms with van der Waals surface area (Å²) in [5.74, 6) is -0.723. The molecule has 6 nitrogen and oxygen atoms in total. The number of aliphatic hydroxyl groups is 1. The van der Waals surface area contributed by atoms with Gasteiger partial charge in [0.2, 0.25) is 11.8 Å². The molecule has 0 radical (unpaired) electrons. The van der Waals surface area contributed by atoms with E-state index < -0.39 is 18.1 Å². The summed E-state index contributed by atoms with van der Waals surface area (Å²) in [5.41, 5.74) is 1.24. The van der Waals surface area contributed by atoms with Crippen LogP contribution in [0.4, 0.5) is 10.1 Å². The third kappa shape index (κ3) is 4.48. The number of nitrogens with zero attached hydrogens (tertiary/aromatic N) is 2. The monoisotopic (exact) mass is 439 g/mol. The van der Waals surface area contributed by atoms with Crippen LogP contribution in [0.2, 0.25) is 0 Å². The van der Waals surface area contributed by atoms with Gasteiger partial charge >= 0.3 is 0 Å². The lowest BCUT2D eigenvalue weighted by molar-refractivity contribution is -0.139. The molecule has 1 atom stereocenters. The van der Waals surface area contributed by atoms with Gasteiger partial charge in [0.1, 0.15) is 11.9 Å². The van der Waals surface area contributed by atoms with Crippen LogP contribution >= 0.6 is 0 Å². The lowest BCUT2D eigenvalue weighted by Crippen LogP contribution is -2.58. The van der Waals surface area contributed by atoms with Crippen molar-refractivity contribution in [2.45, 2.75) is 37.1 Å². The van der Waals surface area contributed by atoms with Gasteiger partial charge in [-0.25, -0.2) is 4.39 Å². The summed E-state index contributed by atoms with van der Waals surface area (Å²) in [4.78, 5) is 30.2. The molecule has 2 aromatic carbocycles. The Kier molecular flexibility index (Phi) is 6.74. The molecular weight excluding hydrogens is 409 g/mol. The van der Waals surface area contributed by atoms with E-state index in [1.54, 1.807) is 17.0 Å². The van der Waals surface area contributed by atoms with Gasteiger partial charge in [-0.1, -0.05) is 43.2 Å². The van der Waals surface area contributed by atoms with Gasteiger partial charge in [-0.3, -0.25) is 9.59 Å². The molecule has 2 aromatic rings. The van der Waals surface area contributed by atoms with E-state index >= 15 is 0 Å². The maximum atomic E-state index is 13.4. The smallest absolute Gasteiger partial charge is 0.247 e. The standard InChI is InChI=1S/C25H30FN3O3/c26-20-8-10-21(11-9-20)28-14-16-29(17-15-28)23(31)22(18-30)27-24(32)25(12-4-5-13-25)19-6-2-1-3-7-19/h1-3,6-11,22,30H,4-5,12-18H2,(H,27,32)/t22-/m0/s1. The Morgan fingerprint density at radius 2 is 1.59 bits per heavy atom. The van der Waals surface area contributed by atoms with Crippen LogP contribution in [0.25, 0.3) is 0 Å². The van der Waals surface area contributed by atoms with Crippen molar-refractivity contribution in [2.75, 3.05) is 37.7 Å². The molecule has 1 saturated heterocycles. The van der Waals surface area contributed by atoms with Gasteiger partial charge in [-0.05, 0) is 42.7 Å². The van der Waals surface area contributed by atoms with Crippen LogP contribution in [0.15, 0.2) is 54.6 Å². The minimum absolute atomic E-state index is 0.182. The molecule has 2 N–H and O–H groups in total. The number of carbonyl (C=O) groups is 2. The van der Waals surface area contributed by atoms with Crippen molar-refractivity contribution < 1.29 is 19.1 Å². The van der Waals surface area contributed by atoms with E-state index in [0.29, 0.717) is 26.2 Å². The molecule has 1 aliphatic carbocycles. The quantitative estimate of drug-likeness (QED) is 0.725. The number of nitrogens with one attached hydrogen (secondary N) is 1. The second-order valence-electron chi connectivity index (χ2n) is 8.65. The van der Waals surface area contributed by atoms with E-state index in [1.165, 1.54) is 12.1 Å². The molecule has 0 spiro atoms. The van der Waals surface area contributed by atoms with Gasteiger partial charge in [-0.15, -0.1) is 0 Å². The van der Waals surface area contributed by atoms with Crippen LogP contribution in [0, 0.1) is 5.82 Å². The third-order valence-electron chi connectivity index (χ3n) is 6.79. The Morgan fingerprint density at radius 1 is 0.969 bits per heavy atom. The molecule has 0 bridgehead atoms. The van der Waals surface area contributed by atoms with Crippen LogP contribution in [-0.2, 0) is 15.0 Å². The second kappa shape index (κ2) is 9.69. The molecule has 0 unspecified atom stereocenters. The highest BCUT2D eigenvalue weighted by Gasteiger charge is 2.44. The zero-order valence-corrected chi connectivity index (χ0v) is 18.2. The van der Waals surface area contributed by atoms with Crippen molar-refractivity contribution in [3.8, 4) is 0 Å². The summed E-state index contributed by atoms with van der Waals surface area (Å²) >= 11 is 0. The fourth-order valence-corrected chi connectivity index (χ4v) is 4.92. The van der Waals surface area contributed by atoms with Gasteiger partial charge in [0.05, 0.1) is 12.0 Å². The fourth-order valence-electron chi connectivity index (χ4n) is 4.92. The minimum atomic E-state index is -0.957. The number of aliphatic hydroxyl groups excluding tert-OH is 1. The summed E-state index contributed by atoms with van der Waals surface area (Å²) < 4.78 is 13.2. The van der Waals surface area contributed by atoms with E-state index in [2.05, 4.69) is 10.2 Å². The average Bonchev–Trinajstić information content (AvgIpc) is 3.35. The molecule has 1 heterocycles. The van der Waals surface area contributed by atoms with E-state index in [1.807, 2.05) is 30.3 Å². The predicted octanol–water partition coefficient (Wildman–Crippen LogP) is 2.46. The molecule has 2 aliphatic rings. The normalized spacial score (nSPS) is 18.9. The number of benzene rings is 2. The first-order valence-electron chi connectivity index (χ1n) is 11.3. The summed E-state index contributed by atoms with van der Waals surface area (Å²) in [6, 6.07) is 15.1. The number of anilines is 1. The SMILES string of the molecule is O=C([C@H](CO)NC(=O)C1(c2ccccc2)CCCC1)N1CCN(c2ccc(F)cc2)CC1. The lowest BCUT2D eigenvalue weighted by atomic mass is 9.78. The lowest BCUT2D eigenvalue weighted by Gasteiger charge is -2.38. The fraction of sp³-hybridized carbons (Fsp3) is 0.440. The average molecular weight is 440 g/mol. The number of halogens is 1. The first kappa shape index (κ1) is 22.3. The molecule has 1 saturated carbocycles. The van der Waals surface area contributed by atoms with Crippen molar-refractivity contribution in [1.29, 1.82) is 0 Å². The highest BCUT2D eigenvalue weighted by atomic mass is 19.1. The summed E-state index contributed by atoms with van der Waals surface area (Å²) in [6.07, 6.45) is 3.41. The maximum absolute atomic E-state index is 13.4. The Morgan fingerprint density at radius 3 is 2.19 bits per heavy atom. The van der Waals surface area contributed by atoms with Gasteiger partial charge in [-0.2, -0.15) is 0 Å². The molecule has 2 fully saturated rings. The molecular formula is C25H30FN3O3. The van der Waals surface area contributed by atoms with E-state index in [0.717, 1.165) is 36.9 Å². The van der Waals surface area contributed by atoms with Crippen LogP contribution in [-0.4, -0.2) is 60.6 Å². The molecule has 7 heteroatoms. The van der Waals surface area contributed by atoms with E-state index in [4.69, 9.17) is 0 Å². The Labute approximate surface area is 188 Å². The maximum Gasteiger partial charge on any atom is 0.247 e. The van der Waals surface area contributed by atoms with Crippen LogP contribution in [0.3, 0.4) is 0 Å². The van der Waals surface area contributed by atoms with Gasteiger partial charge in [0.15, 0.2) is 0 Å². The van der Waals surface area contributed by atoms with Gasteiger partial charge < -0.3 is 20.2 Å². The Bertz CT molecular complexity index is 921.